The molecule has 0 bridgehead atoms. The van der Waals surface area contributed by atoms with Gasteiger partial charge in [-0.15, -0.1) is 0 Å². The van der Waals surface area contributed by atoms with Crippen LogP contribution in [0, 0.1) is 5.92 Å². The number of rotatable bonds is 10. The van der Waals surface area contributed by atoms with Gasteiger partial charge in [-0.05, 0) is 69.0 Å². The first-order chi connectivity index (χ1) is 19.0. The highest BCUT2D eigenvalue weighted by atomic mass is 32.2. The Hall–Kier alpha value is -3.51. The number of anilines is 1. The van der Waals surface area contributed by atoms with Crippen molar-refractivity contribution in [3.05, 3.63) is 58.5 Å². The van der Waals surface area contributed by atoms with E-state index < -0.39 is 62.7 Å². The molecule has 2 aromatic rings. The van der Waals surface area contributed by atoms with Crippen LogP contribution in [0.25, 0.3) is 0 Å². The molecule has 12 heteroatoms. The molecule has 0 aliphatic carbocycles. The topological polar surface area (TPSA) is 140 Å². The molecule has 2 saturated heterocycles. The van der Waals surface area contributed by atoms with E-state index >= 15 is 0 Å². The minimum atomic E-state index is -4.26. The van der Waals surface area contributed by atoms with E-state index in [1.54, 1.807) is 12.1 Å². The molecule has 3 heterocycles. The number of aromatic nitrogens is 1. The van der Waals surface area contributed by atoms with E-state index in [1.165, 1.54) is 23.2 Å². The van der Waals surface area contributed by atoms with Gasteiger partial charge in [0.05, 0.1) is 12.6 Å². The second kappa shape index (κ2) is 11.9. The van der Waals surface area contributed by atoms with Crippen LogP contribution in [0.5, 0.6) is 0 Å². The molecule has 0 saturated carbocycles. The molecule has 2 aliphatic rings. The Labute approximate surface area is 234 Å². The molecule has 2 aliphatic heterocycles. The molecular formula is C28H37N5O6S. The highest BCUT2D eigenvalue weighted by Crippen LogP contribution is 2.34. The fraction of sp³-hybridized carbons (Fsp3) is 0.500. The summed E-state index contributed by atoms with van der Waals surface area (Å²) in [4.78, 5) is 57.7. The van der Waals surface area contributed by atoms with Crippen molar-refractivity contribution in [1.82, 2.24) is 19.5 Å². The lowest BCUT2D eigenvalue weighted by molar-refractivity contribution is -0.138. The number of Topliss-reactive ketones (excluding diaryl/α,β-unsaturated/α-hetero) is 1. The summed E-state index contributed by atoms with van der Waals surface area (Å²) in [5, 5.41) is 2.86. The number of hydrogen-bond donors (Lipinski definition) is 2. The maximum atomic E-state index is 13.8. The molecule has 3 unspecified atom stereocenters. The first-order valence-electron chi connectivity index (χ1n) is 13.7. The van der Waals surface area contributed by atoms with Crippen molar-refractivity contribution in [3.8, 4) is 0 Å². The van der Waals surface area contributed by atoms with Gasteiger partial charge in [0.15, 0.2) is 5.78 Å². The molecule has 1 aromatic carbocycles. The van der Waals surface area contributed by atoms with Crippen molar-refractivity contribution in [1.29, 1.82) is 0 Å². The molecular weight excluding hydrogens is 534 g/mol. The van der Waals surface area contributed by atoms with Crippen LogP contribution in [0.1, 0.15) is 50.9 Å². The fourth-order valence-corrected chi connectivity index (χ4v) is 7.29. The van der Waals surface area contributed by atoms with Crippen molar-refractivity contribution in [2.24, 2.45) is 5.92 Å². The van der Waals surface area contributed by atoms with Crippen LogP contribution in [0.3, 0.4) is 0 Å². The van der Waals surface area contributed by atoms with Gasteiger partial charge in [-0.3, -0.25) is 19.2 Å². The molecule has 0 radical (unpaired) electrons. The minimum absolute atomic E-state index is 0.0682. The van der Waals surface area contributed by atoms with Crippen molar-refractivity contribution in [2.45, 2.75) is 63.6 Å². The molecule has 1 aromatic heterocycles. The summed E-state index contributed by atoms with van der Waals surface area (Å²) in [6, 6.07) is 7.17. The van der Waals surface area contributed by atoms with E-state index in [4.69, 9.17) is 0 Å². The van der Waals surface area contributed by atoms with Gasteiger partial charge < -0.3 is 20.1 Å². The summed E-state index contributed by atoms with van der Waals surface area (Å²) >= 11 is 0. The lowest BCUT2D eigenvalue weighted by Gasteiger charge is -2.29. The van der Waals surface area contributed by atoms with Crippen LogP contribution in [0.4, 0.5) is 5.69 Å². The van der Waals surface area contributed by atoms with Crippen molar-refractivity contribution >= 4 is 33.3 Å². The zero-order chi connectivity index (χ0) is 29.2. The van der Waals surface area contributed by atoms with Crippen molar-refractivity contribution in [3.63, 3.8) is 0 Å². The van der Waals surface area contributed by atoms with E-state index in [-0.39, 0.29) is 18.9 Å². The SMILES string of the molecule is CCN(CC)c1ccc(C(=O)NC(CC(C)C)C(=O)N2CCC3C2C(=O)CN3S(=O)(=O)c2ccc[nH]c2=O)cc1. The number of pyridine rings is 1. The van der Waals surface area contributed by atoms with Crippen LogP contribution >= 0.6 is 0 Å². The molecule has 11 nitrogen and oxygen atoms in total. The van der Waals surface area contributed by atoms with Gasteiger partial charge in [-0.1, -0.05) is 13.8 Å². The molecule has 2 fully saturated rings. The first-order valence-corrected chi connectivity index (χ1v) is 15.1. The third-order valence-electron chi connectivity index (χ3n) is 7.60. The lowest BCUT2D eigenvalue weighted by atomic mass is 10.0. The Morgan fingerprint density at radius 2 is 1.77 bits per heavy atom. The highest BCUT2D eigenvalue weighted by molar-refractivity contribution is 7.89. The lowest BCUT2D eigenvalue weighted by Crippen LogP contribution is -2.53. The number of amides is 2. The van der Waals surface area contributed by atoms with Crippen LogP contribution in [-0.4, -0.2) is 84.5 Å². The minimum Gasteiger partial charge on any atom is -0.372 e. The summed E-state index contributed by atoms with van der Waals surface area (Å²) in [5.74, 6) is -1.15. The Morgan fingerprint density at radius 3 is 2.38 bits per heavy atom. The highest BCUT2D eigenvalue weighted by Gasteiger charge is 2.54. The van der Waals surface area contributed by atoms with Crippen LogP contribution in [-0.2, 0) is 19.6 Å². The normalized spacial score (nSPS) is 20.0. The third kappa shape index (κ3) is 5.68. The third-order valence-corrected chi connectivity index (χ3v) is 9.49. The molecule has 4 rings (SSSR count). The zero-order valence-electron chi connectivity index (χ0n) is 23.3. The maximum absolute atomic E-state index is 13.8. The van der Waals surface area contributed by atoms with Crippen LogP contribution in [0.2, 0.25) is 0 Å². The van der Waals surface area contributed by atoms with Gasteiger partial charge >= 0.3 is 0 Å². The van der Waals surface area contributed by atoms with Crippen molar-refractivity contribution < 1.29 is 22.8 Å². The van der Waals surface area contributed by atoms with Crippen molar-refractivity contribution in [2.75, 3.05) is 31.1 Å². The summed E-state index contributed by atoms with van der Waals surface area (Å²) in [5.41, 5.74) is 0.643. The summed E-state index contributed by atoms with van der Waals surface area (Å²) in [7, 11) is -4.26. The van der Waals surface area contributed by atoms with Crippen LogP contribution in [0.15, 0.2) is 52.3 Å². The molecule has 3 atom stereocenters. The number of benzene rings is 1. The van der Waals surface area contributed by atoms with Gasteiger partial charge in [-0.25, -0.2) is 8.42 Å². The first kappa shape index (κ1) is 29.5. The average Bonchev–Trinajstić information content (AvgIpc) is 3.50. The predicted octanol–water partition coefficient (Wildman–Crippen LogP) is 1.61. The standard InChI is InChI=1S/C28H37N5O6S/c1-5-31(6-2)20-11-9-19(10-12-20)26(35)30-21(16-18(3)4)28(37)32-15-13-22-25(32)23(34)17-33(22)40(38,39)24-8-7-14-29-27(24)36/h7-12,14,18,21-22,25H,5-6,13,15-17H2,1-4H3,(H,29,36)(H,30,35). The summed E-state index contributed by atoms with van der Waals surface area (Å²) < 4.78 is 27.6. The Morgan fingerprint density at radius 1 is 1.10 bits per heavy atom. The Bertz CT molecular complexity index is 1420. The van der Waals surface area contributed by atoms with E-state index in [1.807, 2.05) is 26.0 Å². The van der Waals surface area contributed by atoms with E-state index in [2.05, 4.69) is 29.0 Å². The second-order valence-electron chi connectivity index (χ2n) is 10.6. The van der Waals surface area contributed by atoms with Gasteiger partial charge in [0, 0.05) is 37.1 Å². The smallest absolute Gasteiger partial charge is 0.268 e. The van der Waals surface area contributed by atoms with Gasteiger partial charge in [-0.2, -0.15) is 4.31 Å². The van der Waals surface area contributed by atoms with Gasteiger partial charge in [0.1, 0.15) is 17.0 Å². The van der Waals surface area contributed by atoms with Gasteiger partial charge in [0.25, 0.3) is 11.5 Å². The van der Waals surface area contributed by atoms with Crippen LogP contribution < -0.4 is 15.8 Å². The quantitative estimate of drug-likeness (QED) is 0.442. The number of likely N-dealkylation sites (tertiary alicyclic amines) is 1. The number of aromatic amines is 1. The number of hydrogen-bond acceptors (Lipinski definition) is 7. The largest absolute Gasteiger partial charge is 0.372 e. The van der Waals surface area contributed by atoms with Gasteiger partial charge in [0.2, 0.25) is 15.9 Å². The Balaban J connectivity index is 1.53. The zero-order valence-corrected chi connectivity index (χ0v) is 24.1. The Kier molecular flexibility index (Phi) is 8.79. The number of carbonyl (C=O) groups excluding carboxylic acids is 3. The van der Waals surface area contributed by atoms with E-state index in [0.717, 1.165) is 23.1 Å². The maximum Gasteiger partial charge on any atom is 0.268 e. The monoisotopic (exact) mass is 571 g/mol. The fourth-order valence-electron chi connectivity index (χ4n) is 5.62. The molecule has 216 valence electrons. The predicted molar refractivity (Wildman–Crippen MR) is 151 cm³/mol. The number of sulfonamides is 1. The summed E-state index contributed by atoms with van der Waals surface area (Å²) in [6.07, 6.45) is 1.94. The number of nitrogens with one attached hydrogen (secondary N) is 2. The molecule has 0 spiro atoms. The van der Waals surface area contributed by atoms with E-state index in [0.29, 0.717) is 12.0 Å². The number of ketones is 1. The molecule has 2 N–H and O–H groups in total. The second-order valence-corrected chi connectivity index (χ2v) is 12.4. The average molecular weight is 572 g/mol. The number of fused-ring (bicyclic) bond motifs is 1. The molecule has 40 heavy (non-hydrogen) atoms. The van der Waals surface area contributed by atoms with E-state index in [9.17, 15) is 27.6 Å². The molecule has 2 amide bonds. The number of nitrogens with zero attached hydrogens (tertiary/aromatic N) is 3. The number of carbonyl (C=O) groups is 3. The summed E-state index contributed by atoms with van der Waals surface area (Å²) in [6.45, 7) is 9.40. The number of H-pyrrole nitrogens is 1.